The van der Waals surface area contributed by atoms with Crippen molar-refractivity contribution in [2.75, 3.05) is 0 Å². The molecule has 3 aliphatic rings. The van der Waals surface area contributed by atoms with E-state index in [1.807, 2.05) is 0 Å². The number of hydrogen-bond acceptors (Lipinski definition) is 9. The first kappa shape index (κ1) is 21.7. The number of carbonyl (C=O) groups excluding carboxylic acids is 4. The van der Waals surface area contributed by atoms with Gasteiger partial charge in [-0.2, -0.15) is 0 Å². The minimum Gasteiger partial charge on any atom is -0.508 e. The highest BCUT2D eigenvalue weighted by atomic mass is 16.4. The smallest absolute Gasteiger partial charge is 0.255 e. The second-order valence-electron chi connectivity index (χ2n) is 8.46. The Balaban J connectivity index is 2.05. The Bertz CT molecular complexity index is 1190. The van der Waals surface area contributed by atoms with E-state index >= 15 is 0 Å². The summed E-state index contributed by atoms with van der Waals surface area (Å²) in [5, 5.41) is 54.2. The molecule has 0 bridgehead atoms. The Morgan fingerprint density at radius 1 is 1.16 bits per heavy atom. The van der Waals surface area contributed by atoms with E-state index in [0.717, 1.165) is 0 Å². The van der Waals surface area contributed by atoms with E-state index < -0.39 is 81.8 Å². The van der Waals surface area contributed by atoms with Crippen molar-refractivity contribution in [2.24, 2.45) is 17.6 Å². The van der Waals surface area contributed by atoms with E-state index in [1.165, 1.54) is 19.1 Å². The SMILES string of the molecule is CC(=O)c1ccc(O)c2c1C(C)C1C(=C2O)C(=O)C2(O)C(O)=C(C(N)=O)C(=O)CC2C1O. The van der Waals surface area contributed by atoms with Gasteiger partial charge in [-0.25, -0.2) is 0 Å². The van der Waals surface area contributed by atoms with Crippen LogP contribution in [0.1, 0.15) is 47.7 Å². The number of fused-ring (bicyclic) bond motifs is 3. The summed E-state index contributed by atoms with van der Waals surface area (Å²) in [7, 11) is 0. The van der Waals surface area contributed by atoms with Crippen molar-refractivity contribution in [1.29, 1.82) is 0 Å². The lowest BCUT2D eigenvalue weighted by Crippen LogP contribution is -2.64. The summed E-state index contributed by atoms with van der Waals surface area (Å²) in [6.07, 6.45) is -2.30. The molecule has 3 aliphatic carbocycles. The number of aromatic hydroxyl groups is 1. The minimum absolute atomic E-state index is 0.162. The van der Waals surface area contributed by atoms with Crippen LogP contribution in [-0.2, 0) is 14.4 Å². The fourth-order valence-corrected chi connectivity index (χ4v) is 5.39. The monoisotopic (exact) mass is 443 g/mol. The van der Waals surface area contributed by atoms with Crippen LogP contribution in [0.3, 0.4) is 0 Å². The van der Waals surface area contributed by atoms with E-state index in [2.05, 4.69) is 0 Å². The molecule has 0 spiro atoms. The number of rotatable bonds is 2. The molecule has 0 aliphatic heterocycles. The number of nitrogens with two attached hydrogens (primary N) is 1. The Kier molecular flexibility index (Phi) is 4.58. The third-order valence-corrected chi connectivity index (χ3v) is 6.86. The molecule has 10 heteroatoms. The molecule has 1 amide bonds. The van der Waals surface area contributed by atoms with Gasteiger partial charge in [-0.15, -0.1) is 0 Å². The zero-order valence-corrected chi connectivity index (χ0v) is 17.1. The lowest BCUT2D eigenvalue weighted by Gasteiger charge is -2.50. The zero-order valence-electron chi connectivity index (χ0n) is 17.1. The summed E-state index contributed by atoms with van der Waals surface area (Å²) in [4.78, 5) is 49.7. The van der Waals surface area contributed by atoms with E-state index in [0.29, 0.717) is 0 Å². The molecule has 0 heterocycles. The normalized spacial score (nSPS) is 31.8. The lowest BCUT2D eigenvalue weighted by molar-refractivity contribution is -0.160. The van der Waals surface area contributed by atoms with Crippen LogP contribution >= 0.6 is 0 Å². The number of aliphatic hydroxyl groups excluding tert-OH is 3. The first-order valence-electron chi connectivity index (χ1n) is 9.87. The number of ketones is 3. The van der Waals surface area contributed by atoms with E-state index in [-0.39, 0.29) is 22.5 Å². The summed E-state index contributed by atoms with van der Waals surface area (Å²) < 4.78 is 0. The number of phenols is 1. The van der Waals surface area contributed by atoms with Crippen LogP contribution in [0.5, 0.6) is 5.75 Å². The van der Waals surface area contributed by atoms with Crippen LogP contribution in [0.25, 0.3) is 5.76 Å². The van der Waals surface area contributed by atoms with Crippen molar-refractivity contribution in [3.8, 4) is 5.75 Å². The molecule has 1 aromatic carbocycles. The van der Waals surface area contributed by atoms with E-state index in [4.69, 9.17) is 5.73 Å². The summed E-state index contributed by atoms with van der Waals surface area (Å²) in [5.74, 6) is -9.91. The molecule has 0 radical (unpaired) electrons. The second-order valence-corrected chi connectivity index (χ2v) is 8.46. The number of hydrogen-bond donors (Lipinski definition) is 6. The number of amides is 1. The highest BCUT2D eigenvalue weighted by Gasteiger charge is 2.65. The van der Waals surface area contributed by atoms with Crippen molar-refractivity contribution in [1.82, 2.24) is 0 Å². The summed E-state index contributed by atoms with van der Waals surface area (Å²) in [6.45, 7) is 2.85. The fraction of sp³-hybridized carbons (Fsp3) is 0.364. The average Bonchev–Trinajstić information content (AvgIpc) is 2.70. The highest BCUT2D eigenvalue weighted by molar-refractivity contribution is 6.23. The number of primary amides is 1. The van der Waals surface area contributed by atoms with Crippen molar-refractivity contribution in [3.63, 3.8) is 0 Å². The Morgan fingerprint density at radius 2 is 1.78 bits per heavy atom. The predicted molar refractivity (Wildman–Crippen MR) is 107 cm³/mol. The quantitative estimate of drug-likeness (QED) is 0.272. The van der Waals surface area contributed by atoms with Gasteiger partial charge in [0.05, 0.1) is 11.7 Å². The fourth-order valence-electron chi connectivity index (χ4n) is 5.39. The largest absolute Gasteiger partial charge is 0.508 e. The molecule has 1 saturated carbocycles. The average molecular weight is 443 g/mol. The molecule has 10 nitrogen and oxygen atoms in total. The Morgan fingerprint density at radius 3 is 2.34 bits per heavy atom. The maximum absolute atomic E-state index is 13.5. The van der Waals surface area contributed by atoms with Gasteiger partial charge in [0.2, 0.25) is 5.78 Å². The maximum atomic E-state index is 13.5. The molecule has 1 fully saturated rings. The third-order valence-electron chi connectivity index (χ3n) is 6.86. The number of carbonyl (C=O) groups is 4. The number of aliphatic hydroxyl groups is 4. The van der Waals surface area contributed by atoms with Crippen LogP contribution in [-0.4, -0.2) is 60.5 Å². The molecule has 0 saturated heterocycles. The van der Waals surface area contributed by atoms with E-state index in [1.54, 1.807) is 6.92 Å². The molecule has 7 N–H and O–H groups in total. The first-order valence-corrected chi connectivity index (χ1v) is 9.87. The number of phenolic OH excluding ortho intramolecular Hbond substituents is 1. The minimum atomic E-state index is -2.89. The molecule has 32 heavy (non-hydrogen) atoms. The molecule has 0 aromatic heterocycles. The molecular weight excluding hydrogens is 422 g/mol. The van der Waals surface area contributed by atoms with Gasteiger partial charge in [0.15, 0.2) is 17.2 Å². The lowest BCUT2D eigenvalue weighted by atomic mass is 9.55. The van der Waals surface area contributed by atoms with Crippen LogP contribution in [0.4, 0.5) is 0 Å². The van der Waals surface area contributed by atoms with Crippen LogP contribution in [0, 0.1) is 11.8 Å². The van der Waals surface area contributed by atoms with Gasteiger partial charge in [-0.1, -0.05) is 6.92 Å². The van der Waals surface area contributed by atoms with Crippen molar-refractivity contribution in [2.45, 2.75) is 37.9 Å². The first-order chi connectivity index (χ1) is 14.8. The number of benzene rings is 1. The zero-order chi connectivity index (χ0) is 23.9. The Labute approximate surface area is 181 Å². The van der Waals surface area contributed by atoms with Gasteiger partial charge < -0.3 is 31.3 Å². The van der Waals surface area contributed by atoms with Gasteiger partial charge in [-0.3, -0.25) is 19.2 Å². The van der Waals surface area contributed by atoms with Crippen molar-refractivity contribution < 1.29 is 44.7 Å². The second kappa shape index (κ2) is 6.75. The summed E-state index contributed by atoms with van der Waals surface area (Å²) >= 11 is 0. The highest BCUT2D eigenvalue weighted by Crippen LogP contribution is 2.56. The van der Waals surface area contributed by atoms with Gasteiger partial charge in [0, 0.05) is 29.4 Å². The predicted octanol–water partition coefficient (Wildman–Crippen LogP) is 0.158. The topological polar surface area (TPSA) is 195 Å². The summed E-state index contributed by atoms with van der Waals surface area (Å²) in [5.41, 5.74) is 0.970. The van der Waals surface area contributed by atoms with Crippen LogP contribution in [0.2, 0.25) is 0 Å². The molecule has 5 unspecified atom stereocenters. The van der Waals surface area contributed by atoms with E-state index in [9.17, 15) is 44.7 Å². The van der Waals surface area contributed by atoms with Gasteiger partial charge in [0.25, 0.3) is 5.91 Å². The maximum Gasteiger partial charge on any atom is 0.255 e. The molecule has 5 atom stereocenters. The Hall–Kier alpha value is -3.50. The van der Waals surface area contributed by atoms with Crippen molar-refractivity contribution >= 4 is 29.0 Å². The van der Waals surface area contributed by atoms with Crippen LogP contribution in [0.15, 0.2) is 29.0 Å². The standard InChI is InChI=1S/C22H21NO9/c1-6-12-8(7(2)24)3-4-10(25)14(12)18(28)16-13(6)17(27)9-5-11(26)15(21(23)31)19(29)22(9,32)20(16)30/h3-4,6,9,13,17,25,27-29,32H,5H2,1-2H3,(H2,23,31). The number of Topliss-reactive ketones (excluding diaryl/α,β-unsaturated/α-hetero) is 3. The molecular formula is C22H21NO9. The molecule has 4 rings (SSSR count). The molecule has 1 aromatic rings. The molecule has 168 valence electrons. The van der Waals surface area contributed by atoms with Crippen LogP contribution < -0.4 is 5.73 Å². The van der Waals surface area contributed by atoms with Gasteiger partial charge in [0.1, 0.15) is 22.8 Å². The van der Waals surface area contributed by atoms with Gasteiger partial charge in [-0.05, 0) is 30.5 Å². The van der Waals surface area contributed by atoms with Crippen molar-refractivity contribution in [3.05, 3.63) is 45.7 Å². The summed E-state index contributed by atoms with van der Waals surface area (Å²) in [6, 6.07) is 2.53. The third kappa shape index (κ3) is 2.47. The van der Waals surface area contributed by atoms with Gasteiger partial charge >= 0.3 is 0 Å².